The van der Waals surface area contributed by atoms with Gasteiger partial charge in [-0.05, 0) is 122 Å². The summed E-state index contributed by atoms with van der Waals surface area (Å²) in [5, 5.41) is 10.4. The Balaban J connectivity index is 0.000000334. The maximum atomic E-state index is 14.4. The Morgan fingerprint density at radius 1 is 0.592 bits per heavy atom. The molecule has 0 amide bonds. The van der Waals surface area contributed by atoms with E-state index in [4.69, 9.17) is 0 Å². The van der Waals surface area contributed by atoms with E-state index in [0.717, 1.165) is 48.9 Å². The fraction of sp³-hybridized carbons (Fsp3) is 0.419. The van der Waals surface area contributed by atoms with Crippen LogP contribution < -0.4 is 0 Å². The van der Waals surface area contributed by atoms with E-state index < -0.39 is 0 Å². The molecule has 2 unspecified atom stereocenters. The van der Waals surface area contributed by atoms with Crippen LogP contribution >= 0.6 is 12.4 Å². The number of phenols is 1. The highest BCUT2D eigenvalue weighted by Gasteiger charge is 2.23. The van der Waals surface area contributed by atoms with Crippen molar-refractivity contribution in [1.29, 1.82) is 0 Å². The van der Waals surface area contributed by atoms with Crippen LogP contribution in [0.2, 0.25) is 0 Å². The van der Waals surface area contributed by atoms with E-state index >= 15 is 0 Å². The number of hydrogen-bond acceptors (Lipinski definition) is 4. The van der Waals surface area contributed by atoms with E-state index in [0.29, 0.717) is 29.7 Å². The predicted octanol–water partition coefficient (Wildman–Crippen LogP) is 10.7. The molecular formula is C43H58ClFN2O2. The zero-order valence-electron chi connectivity index (χ0n) is 30.7. The highest BCUT2D eigenvalue weighted by molar-refractivity contribution is 5.85. The molecule has 6 heteroatoms. The van der Waals surface area contributed by atoms with Gasteiger partial charge in [0.25, 0.3) is 0 Å². The van der Waals surface area contributed by atoms with E-state index in [1.807, 2.05) is 54.6 Å². The second kappa shape index (κ2) is 20.9. The summed E-state index contributed by atoms with van der Waals surface area (Å²) in [7, 11) is 0. The lowest BCUT2D eigenvalue weighted by Crippen LogP contribution is -2.38. The highest BCUT2D eigenvalue weighted by atomic mass is 35.5. The summed E-state index contributed by atoms with van der Waals surface area (Å²) >= 11 is 0. The lowest BCUT2D eigenvalue weighted by atomic mass is 9.86. The lowest BCUT2D eigenvalue weighted by molar-refractivity contribution is 0.112. The van der Waals surface area contributed by atoms with Gasteiger partial charge in [-0.15, -0.1) is 12.4 Å². The highest BCUT2D eigenvalue weighted by Crippen LogP contribution is 2.35. The standard InChI is InChI=1S/C22H29NO2.C21H28FN.ClH/c1-16(2)23(17(3)4)13-12-20(19-8-6-5-7-9-19)21-14-18(15-24)10-11-22(21)25;1-16(2)23(17(3)4)15-14-19(18-10-6-5-7-11-18)20-12-8-9-13-21(20)22;/h5-11,14-17,20,25H,12-13H2,1-4H3;5-13,16-17,19H,14-15H2,1-4H3;1H. The minimum atomic E-state index is -0.109. The topological polar surface area (TPSA) is 43.8 Å². The number of benzene rings is 4. The Morgan fingerprint density at radius 3 is 1.41 bits per heavy atom. The van der Waals surface area contributed by atoms with Gasteiger partial charge < -0.3 is 5.11 Å². The van der Waals surface area contributed by atoms with Crippen LogP contribution in [0.25, 0.3) is 0 Å². The SMILES string of the molecule is CC(C)N(CCC(c1ccccc1)c1cc(C=O)ccc1O)C(C)C.CC(C)N(CCC(c1ccccc1)c1ccccc1F)C(C)C.Cl. The molecule has 0 aromatic heterocycles. The van der Waals surface area contributed by atoms with Crippen molar-refractivity contribution in [2.45, 2.75) is 104 Å². The molecule has 0 spiro atoms. The maximum Gasteiger partial charge on any atom is 0.150 e. The second-order valence-electron chi connectivity index (χ2n) is 13.8. The molecule has 0 saturated heterocycles. The molecule has 0 aliphatic rings. The molecule has 0 aliphatic heterocycles. The normalized spacial score (nSPS) is 12.6. The number of carbonyl (C=O) groups is 1. The quantitative estimate of drug-likeness (QED) is 0.126. The number of halogens is 2. The number of aromatic hydroxyl groups is 1. The summed E-state index contributed by atoms with van der Waals surface area (Å²) in [5.41, 5.74) is 4.56. The zero-order valence-corrected chi connectivity index (χ0v) is 31.5. The third-order valence-electron chi connectivity index (χ3n) is 9.25. The number of phenolic OH excluding ortho intramolecular Hbond substituents is 1. The minimum Gasteiger partial charge on any atom is -0.508 e. The van der Waals surface area contributed by atoms with Gasteiger partial charge in [0.2, 0.25) is 0 Å². The van der Waals surface area contributed by atoms with Crippen LogP contribution in [0.4, 0.5) is 4.39 Å². The van der Waals surface area contributed by atoms with Gasteiger partial charge in [0.05, 0.1) is 0 Å². The van der Waals surface area contributed by atoms with E-state index in [9.17, 15) is 14.3 Å². The van der Waals surface area contributed by atoms with Crippen LogP contribution in [-0.4, -0.2) is 58.4 Å². The largest absolute Gasteiger partial charge is 0.508 e. The van der Waals surface area contributed by atoms with Crippen molar-refractivity contribution in [3.05, 3.63) is 137 Å². The number of carbonyl (C=O) groups excluding carboxylic acids is 1. The van der Waals surface area contributed by atoms with Gasteiger partial charge >= 0.3 is 0 Å². The van der Waals surface area contributed by atoms with Gasteiger partial charge in [0, 0.05) is 47.1 Å². The summed E-state index contributed by atoms with van der Waals surface area (Å²) in [6.07, 6.45) is 2.64. The smallest absolute Gasteiger partial charge is 0.150 e. The van der Waals surface area contributed by atoms with Crippen molar-refractivity contribution in [2.75, 3.05) is 13.1 Å². The van der Waals surface area contributed by atoms with Crippen LogP contribution in [-0.2, 0) is 0 Å². The lowest BCUT2D eigenvalue weighted by Gasteiger charge is -2.32. The van der Waals surface area contributed by atoms with Crippen molar-refractivity contribution in [3.8, 4) is 5.75 Å². The Hall–Kier alpha value is -3.51. The summed E-state index contributed by atoms with van der Waals surface area (Å²) in [5.74, 6) is 0.292. The average Bonchev–Trinajstić information content (AvgIpc) is 3.06. The molecule has 4 aromatic rings. The van der Waals surface area contributed by atoms with E-state index in [-0.39, 0.29) is 35.8 Å². The first-order valence-electron chi connectivity index (χ1n) is 17.6. The van der Waals surface area contributed by atoms with E-state index in [1.165, 1.54) is 5.56 Å². The van der Waals surface area contributed by atoms with E-state index in [2.05, 4.69) is 89.5 Å². The van der Waals surface area contributed by atoms with Gasteiger partial charge in [0.1, 0.15) is 17.9 Å². The Bertz CT molecular complexity index is 1500. The molecule has 0 heterocycles. The monoisotopic (exact) mass is 688 g/mol. The third kappa shape index (κ3) is 12.4. The molecule has 2 atom stereocenters. The molecule has 49 heavy (non-hydrogen) atoms. The summed E-state index contributed by atoms with van der Waals surface area (Å²) in [6.45, 7) is 19.6. The zero-order chi connectivity index (χ0) is 35.2. The number of nitrogens with zero attached hydrogens (tertiary/aromatic N) is 2. The van der Waals surface area contributed by atoms with Gasteiger partial charge in [0.15, 0.2) is 0 Å². The van der Waals surface area contributed by atoms with Gasteiger partial charge in [-0.1, -0.05) is 78.9 Å². The van der Waals surface area contributed by atoms with E-state index in [1.54, 1.807) is 24.3 Å². The van der Waals surface area contributed by atoms with Crippen LogP contribution in [0.1, 0.15) is 113 Å². The maximum absolute atomic E-state index is 14.4. The molecule has 0 fully saturated rings. The number of aldehydes is 1. The molecule has 4 rings (SSSR count). The number of hydrogen-bond donors (Lipinski definition) is 1. The molecule has 0 saturated carbocycles. The van der Waals surface area contributed by atoms with Crippen molar-refractivity contribution in [1.82, 2.24) is 9.80 Å². The van der Waals surface area contributed by atoms with Crippen molar-refractivity contribution in [3.63, 3.8) is 0 Å². The third-order valence-corrected chi connectivity index (χ3v) is 9.25. The fourth-order valence-electron chi connectivity index (χ4n) is 6.84. The first-order valence-corrected chi connectivity index (χ1v) is 17.6. The molecule has 1 N–H and O–H groups in total. The van der Waals surface area contributed by atoms with Crippen LogP contribution in [0, 0.1) is 5.82 Å². The minimum absolute atomic E-state index is 0. The van der Waals surface area contributed by atoms with Crippen molar-refractivity contribution >= 4 is 18.7 Å². The van der Waals surface area contributed by atoms with Gasteiger partial charge in [-0.25, -0.2) is 4.39 Å². The van der Waals surface area contributed by atoms with Crippen LogP contribution in [0.5, 0.6) is 5.75 Å². The van der Waals surface area contributed by atoms with Gasteiger partial charge in [-0.2, -0.15) is 0 Å². The molecular weight excluding hydrogens is 631 g/mol. The Labute approximate surface area is 301 Å². The van der Waals surface area contributed by atoms with Crippen molar-refractivity contribution < 1.29 is 14.3 Å². The molecule has 4 aromatic carbocycles. The summed E-state index contributed by atoms with van der Waals surface area (Å²) < 4.78 is 14.4. The molecule has 0 aliphatic carbocycles. The molecule has 266 valence electrons. The summed E-state index contributed by atoms with van der Waals surface area (Å²) in [6, 6.07) is 34.7. The molecule has 0 radical (unpaired) electrons. The van der Waals surface area contributed by atoms with Crippen LogP contribution in [0.15, 0.2) is 103 Å². The predicted molar refractivity (Wildman–Crippen MR) is 207 cm³/mol. The molecule has 0 bridgehead atoms. The van der Waals surface area contributed by atoms with Gasteiger partial charge in [-0.3, -0.25) is 14.6 Å². The first-order chi connectivity index (χ1) is 22.9. The second-order valence-corrected chi connectivity index (χ2v) is 13.8. The Kier molecular flexibility index (Phi) is 17.7. The Morgan fingerprint density at radius 2 is 1.00 bits per heavy atom. The summed E-state index contributed by atoms with van der Waals surface area (Å²) in [4.78, 5) is 16.1. The first kappa shape index (κ1) is 41.7. The fourth-order valence-corrected chi connectivity index (χ4v) is 6.84. The average molecular weight is 689 g/mol. The number of rotatable bonds is 15. The van der Waals surface area contributed by atoms with Crippen LogP contribution in [0.3, 0.4) is 0 Å². The van der Waals surface area contributed by atoms with Crippen molar-refractivity contribution in [2.24, 2.45) is 0 Å². The molecule has 4 nitrogen and oxygen atoms in total.